The maximum absolute atomic E-state index is 14.7. The van der Waals surface area contributed by atoms with Crippen LogP contribution in [0.1, 0.15) is 54.0 Å². The molecule has 2 rings (SSSR count). The Kier molecular flexibility index (Phi) is 6.05. The number of rotatable bonds is 5. The van der Waals surface area contributed by atoms with Crippen molar-refractivity contribution in [2.24, 2.45) is 0 Å². The van der Waals surface area contributed by atoms with E-state index in [0.717, 1.165) is 0 Å². The van der Waals surface area contributed by atoms with Crippen molar-refractivity contribution in [2.45, 2.75) is 84.2 Å². The van der Waals surface area contributed by atoms with E-state index in [1.54, 1.807) is 0 Å². The summed E-state index contributed by atoms with van der Waals surface area (Å²) < 4.78 is 47.1. The summed E-state index contributed by atoms with van der Waals surface area (Å²) in [6, 6.07) is 2.72. The summed E-state index contributed by atoms with van der Waals surface area (Å²) in [5.41, 5.74) is -0.884. The summed E-state index contributed by atoms with van der Waals surface area (Å²) in [6.07, 6.45) is 0.462. The molecular weight excluding hydrogens is 365 g/mol. The maximum atomic E-state index is 14.7. The van der Waals surface area contributed by atoms with Crippen molar-refractivity contribution in [1.29, 1.82) is 0 Å². The Morgan fingerprint density at radius 2 is 1.44 bits per heavy atom. The zero-order valence-corrected chi connectivity index (χ0v) is 19.1. The minimum Gasteiger partial charge on any atom is -0.416 e. The molecule has 27 heavy (non-hydrogen) atoms. The second kappa shape index (κ2) is 7.25. The van der Waals surface area contributed by atoms with Crippen LogP contribution in [0.4, 0.5) is 8.78 Å². The first kappa shape index (κ1) is 22.5. The summed E-state index contributed by atoms with van der Waals surface area (Å²) in [7, 11) is -2.93. The van der Waals surface area contributed by atoms with Crippen LogP contribution >= 0.6 is 0 Å². The number of benzene rings is 1. The molecule has 0 unspecified atom stereocenters. The third-order valence-electron chi connectivity index (χ3n) is 6.29. The summed E-state index contributed by atoms with van der Waals surface area (Å²) in [6.45, 7) is 18.7. The molecule has 0 amide bonds. The predicted octanol–water partition coefficient (Wildman–Crippen LogP) is 4.83. The summed E-state index contributed by atoms with van der Waals surface area (Å²) in [5.74, 6) is -1.29. The van der Waals surface area contributed by atoms with Gasteiger partial charge in [-0.05, 0) is 69.9 Å². The van der Waals surface area contributed by atoms with Crippen LogP contribution in [0.2, 0.25) is 18.1 Å². The van der Waals surface area contributed by atoms with E-state index in [-0.39, 0.29) is 10.5 Å². The largest absolute Gasteiger partial charge is 0.500 e. The van der Waals surface area contributed by atoms with Crippen LogP contribution in [0.3, 0.4) is 0 Å². The average molecular weight is 398 g/mol. The molecule has 1 aliphatic rings. The second-order valence-electron chi connectivity index (χ2n) is 9.92. The molecule has 0 saturated carbocycles. The van der Waals surface area contributed by atoms with E-state index in [4.69, 9.17) is 13.7 Å². The lowest BCUT2D eigenvalue weighted by molar-refractivity contribution is 0.00578. The molecule has 3 nitrogen and oxygen atoms in total. The smallest absolute Gasteiger partial charge is 0.416 e. The topological polar surface area (TPSA) is 27.7 Å². The van der Waals surface area contributed by atoms with Crippen LogP contribution in [-0.4, -0.2) is 33.2 Å². The average Bonchev–Trinajstić information content (AvgIpc) is 2.64. The van der Waals surface area contributed by atoms with Crippen molar-refractivity contribution in [3.63, 3.8) is 0 Å². The molecule has 1 fully saturated rings. The molecule has 0 aromatic heterocycles. The van der Waals surface area contributed by atoms with Gasteiger partial charge in [-0.2, -0.15) is 0 Å². The molecule has 1 aromatic carbocycles. The normalized spacial score (nSPS) is 19.6. The Balaban J connectivity index is 2.12. The van der Waals surface area contributed by atoms with Crippen molar-refractivity contribution < 1.29 is 22.5 Å². The van der Waals surface area contributed by atoms with Crippen LogP contribution in [0, 0.1) is 11.6 Å². The van der Waals surface area contributed by atoms with Gasteiger partial charge in [0.15, 0.2) is 8.32 Å². The van der Waals surface area contributed by atoms with Gasteiger partial charge in [-0.3, -0.25) is 0 Å². The summed E-state index contributed by atoms with van der Waals surface area (Å²) in [4.78, 5) is 0. The van der Waals surface area contributed by atoms with Crippen molar-refractivity contribution in [1.82, 2.24) is 0 Å². The van der Waals surface area contributed by atoms with E-state index in [1.807, 2.05) is 27.7 Å². The van der Waals surface area contributed by atoms with Crippen LogP contribution < -0.4 is 5.46 Å². The fourth-order valence-electron chi connectivity index (χ4n) is 2.61. The van der Waals surface area contributed by atoms with Gasteiger partial charge >= 0.3 is 7.12 Å². The Hall–Kier alpha value is -0.758. The minimum atomic E-state index is -1.88. The van der Waals surface area contributed by atoms with E-state index in [1.165, 1.54) is 12.1 Å². The van der Waals surface area contributed by atoms with Crippen molar-refractivity contribution in [2.75, 3.05) is 6.61 Å². The maximum Gasteiger partial charge on any atom is 0.500 e. The van der Waals surface area contributed by atoms with Gasteiger partial charge < -0.3 is 13.7 Å². The zero-order valence-electron chi connectivity index (χ0n) is 18.1. The highest BCUT2D eigenvalue weighted by Gasteiger charge is 2.53. The Morgan fingerprint density at radius 3 is 1.85 bits per heavy atom. The van der Waals surface area contributed by atoms with Crippen molar-refractivity contribution >= 4 is 20.9 Å². The molecule has 0 atom stereocenters. The van der Waals surface area contributed by atoms with E-state index < -0.39 is 38.3 Å². The van der Waals surface area contributed by atoms with Crippen LogP contribution in [0.5, 0.6) is 0 Å². The highest BCUT2D eigenvalue weighted by Crippen LogP contribution is 2.37. The molecular formula is C20H33BF2O3Si. The quantitative estimate of drug-likeness (QED) is 0.665. The molecule has 0 radical (unpaired) electrons. The monoisotopic (exact) mass is 398 g/mol. The first-order valence-electron chi connectivity index (χ1n) is 9.55. The summed E-state index contributed by atoms with van der Waals surface area (Å²) >= 11 is 0. The van der Waals surface area contributed by atoms with Crippen LogP contribution in [-0.2, 0) is 20.2 Å². The highest BCUT2D eigenvalue weighted by molar-refractivity contribution is 6.74. The summed E-state index contributed by atoms with van der Waals surface area (Å²) in [5, 5.41) is 0.101. The van der Waals surface area contributed by atoms with Crippen LogP contribution in [0.25, 0.3) is 0 Å². The molecule has 152 valence electrons. The van der Waals surface area contributed by atoms with Gasteiger partial charge in [0, 0.05) is 6.61 Å². The second-order valence-corrected chi connectivity index (χ2v) is 14.7. The van der Waals surface area contributed by atoms with E-state index in [2.05, 4.69) is 33.9 Å². The molecule has 1 saturated heterocycles. The Morgan fingerprint density at radius 1 is 1.00 bits per heavy atom. The van der Waals surface area contributed by atoms with Crippen LogP contribution in [0.15, 0.2) is 12.1 Å². The number of halogens is 2. The van der Waals surface area contributed by atoms with E-state index in [0.29, 0.717) is 18.6 Å². The molecule has 0 N–H and O–H groups in total. The lowest BCUT2D eigenvalue weighted by Gasteiger charge is -2.36. The van der Waals surface area contributed by atoms with E-state index in [9.17, 15) is 8.78 Å². The lowest BCUT2D eigenvalue weighted by Crippen LogP contribution is -2.41. The SMILES string of the molecule is CC1(C)OB(c2c(F)cc(CCO[Si](C)(C)C(C)(C)C)cc2F)OC1(C)C. The molecule has 0 bridgehead atoms. The van der Waals surface area contributed by atoms with Gasteiger partial charge in [0.1, 0.15) is 11.6 Å². The Bertz CT molecular complexity index is 660. The van der Waals surface area contributed by atoms with Gasteiger partial charge in [0.05, 0.1) is 16.7 Å². The van der Waals surface area contributed by atoms with Gasteiger partial charge in [-0.15, -0.1) is 0 Å². The predicted molar refractivity (Wildman–Crippen MR) is 109 cm³/mol. The molecule has 1 heterocycles. The molecule has 1 aliphatic heterocycles. The van der Waals surface area contributed by atoms with Gasteiger partial charge in [0.25, 0.3) is 0 Å². The fourth-order valence-corrected chi connectivity index (χ4v) is 3.65. The third-order valence-corrected chi connectivity index (χ3v) is 10.8. The van der Waals surface area contributed by atoms with Gasteiger partial charge in [0.2, 0.25) is 0 Å². The molecule has 7 heteroatoms. The minimum absolute atomic E-state index is 0.101. The first-order chi connectivity index (χ1) is 12.1. The zero-order chi connectivity index (χ0) is 20.8. The fraction of sp³-hybridized carbons (Fsp3) is 0.700. The van der Waals surface area contributed by atoms with Gasteiger partial charge in [-0.1, -0.05) is 20.8 Å². The molecule has 0 spiro atoms. The van der Waals surface area contributed by atoms with Crippen molar-refractivity contribution in [3.8, 4) is 0 Å². The number of hydrogen-bond donors (Lipinski definition) is 0. The lowest BCUT2D eigenvalue weighted by atomic mass is 9.77. The standard InChI is InChI=1S/C20H33BF2O3Si/c1-18(2,3)27(8,9)24-11-10-14-12-15(22)17(16(23)13-14)21-25-19(4,5)20(6,7)26-21/h12-13H,10-11H2,1-9H3. The van der Waals surface area contributed by atoms with E-state index >= 15 is 0 Å². The Labute approximate surface area is 164 Å². The molecule has 0 aliphatic carbocycles. The first-order valence-corrected chi connectivity index (χ1v) is 12.5. The third kappa shape index (κ3) is 4.63. The number of hydrogen-bond acceptors (Lipinski definition) is 3. The van der Waals surface area contributed by atoms with Crippen molar-refractivity contribution in [3.05, 3.63) is 29.3 Å². The molecule has 1 aromatic rings. The highest BCUT2D eigenvalue weighted by atomic mass is 28.4. The van der Waals surface area contributed by atoms with Gasteiger partial charge in [-0.25, -0.2) is 8.78 Å².